The standard InChI is InChI=1S/C8H15ClN4O2/c9-5-4-8(12-15)3-1-2-6-13(8)11-7(10)14/h1-6H2,(H3,10,11,14). The van der Waals surface area contributed by atoms with Gasteiger partial charge in [0, 0.05) is 18.8 Å². The van der Waals surface area contributed by atoms with Gasteiger partial charge in [0.15, 0.2) is 5.66 Å². The number of urea groups is 1. The minimum Gasteiger partial charge on any atom is -0.351 e. The predicted molar refractivity (Wildman–Crippen MR) is 57.1 cm³/mol. The van der Waals surface area contributed by atoms with Crippen LogP contribution in [0.1, 0.15) is 25.7 Å². The summed E-state index contributed by atoms with van der Waals surface area (Å²) in [5.74, 6) is 0.322. The van der Waals surface area contributed by atoms with E-state index in [1.165, 1.54) is 5.01 Å². The molecule has 0 aromatic carbocycles. The molecular weight excluding hydrogens is 220 g/mol. The lowest BCUT2D eigenvalue weighted by molar-refractivity contribution is 0.0152. The number of primary amides is 1. The van der Waals surface area contributed by atoms with E-state index in [2.05, 4.69) is 10.6 Å². The summed E-state index contributed by atoms with van der Waals surface area (Å²) in [7, 11) is 0. The van der Waals surface area contributed by atoms with Crippen molar-refractivity contribution in [1.29, 1.82) is 0 Å². The number of amides is 2. The molecule has 0 aliphatic carbocycles. The van der Waals surface area contributed by atoms with Crippen molar-refractivity contribution in [1.82, 2.24) is 10.4 Å². The minimum atomic E-state index is -0.922. The second-order valence-electron chi connectivity index (χ2n) is 3.60. The summed E-state index contributed by atoms with van der Waals surface area (Å²) in [6.07, 6.45) is 2.82. The first-order chi connectivity index (χ1) is 7.14. The Morgan fingerprint density at radius 2 is 2.33 bits per heavy atom. The summed E-state index contributed by atoms with van der Waals surface area (Å²) in [5.41, 5.74) is 6.53. The lowest BCUT2D eigenvalue weighted by Gasteiger charge is -2.40. The van der Waals surface area contributed by atoms with E-state index in [1.54, 1.807) is 0 Å². The fraction of sp³-hybridized carbons (Fsp3) is 0.875. The van der Waals surface area contributed by atoms with Crippen LogP contribution in [0.25, 0.3) is 0 Å². The third-order valence-corrected chi connectivity index (χ3v) is 2.81. The first-order valence-electron chi connectivity index (χ1n) is 4.89. The lowest BCUT2D eigenvalue weighted by Crippen LogP contribution is -2.59. The third-order valence-electron chi connectivity index (χ3n) is 2.62. The average molecular weight is 235 g/mol. The molecule has 1 saturated heterocycles. The number of hydrazine groups is 1. The van der Waals surface area contributed by atoms with E-state index >= 15 is 0 Å². The van der Waals surface area contributed by atoms with Gasteiger partial charge in [0.25, 0.3) is 0 Å². The number of nitroso groups, excluding NO2 is 1. The number of halogens is 1. The Morgan fingerprint density at radius 3 is 2.87 bits per heavy atom. The number of hydrogen-bond acceptors (Lipinski definition) is 4. The van der Waals surface area contributed by atoms with E-state index in [0.29, 0.717) is 25.3 Å². The van der Waals surface area contributed by atoms with Gasteiger partial charge in [0.1, 0.15) is 0 Å². The monoisotopic (exact) mass is 234 g/mol. The number of rotatable bonds is 4. The quantitative estimate of drug-likeness (QED) is 0.565. The highest BCUT2D eigenvalue weighted by Crippen LogP contribution is 2.31. The number of carbonyl (C=O) groups is 1. The molecule has 1 aliphatic heterocycles. The fourth-order valence-electron chi connectivity index (χ4n) is 1.87. The van der Waals surface area contributed by atoms with Crippen LogP contribution in [-0.4, -0.2) is 29.1 Å². The van der Waals surface area contributed by atoms with Gasteiger partial charge in [-0.15, -0.1) is 16.5 Å². The van der Waals surface area contributed by atoms with E-state index in [4.69, 9.17) is 17.3 Å². The molecular formula is C8H15ClN4O2. The van der Waals surface area contributed by atoms with Gasteiger partial charge in [-0.25, -0.2) is 4.79 Å². The van der Waals surface area contributed by atoms with E-state index in [1.807, 2.05) is 0 Å². The molecule has 1 unspecified atom stereocenters. The summed E-state index contributed by atoms with van der Waals surface area (Å²) in [5, 5.41) is 4.63. The summed E-state index contributed by atoms with van der Waals surface area (Å²) in [6, 6.07) is -0.681. The molecule has 2 amide bonds. The molecule has 0 saturated carbocycles. The second kappa shape index (κ2) is 5.27. The Balaban J connectivity index is 2.77. The second-order valence-corrected chi connectivity index (χ2v) is 3.98. The lowest BCUT2D eigenvalue weighted by atomic mass is 9.95. The van der Waals surface area contributed by atoms with E-state index < -0.39 is 11.7 Å². The normalized spacial score (nSPS) is 27.3. The Bertz CT molecular complexity index is 247. The van der Waals surface area contributed by atoms with Crippen LogP contribution in [0.15, 0.2) is 5.18 Å². The zero-order valence-electron chi connectivity index (χ0n) is 8.41. The molecule has 0 spiro atoms. The largest absolute Gasteiger partial charge is 0.351 e. The number of alkyl halides is 1. The van der Waals surface area contributed by atoms with Crippen LogP contribution in [-0.2, 0) is 0 Å². The van der Waals surface area contributed by atoms with Crippen molar-refractivity contribution in [2.24, 2.45) is 10.9 Å². The zero-order valence-corrected chi connectivity index (χ0v) is 9.16. The molecule has 3 N–H and O–H groups in total. The van der Waals surface area contributed by atoms with Crippen molar-refractivity contribution in [3.05, 3.63) is 4.91 Å². The van der Waals surface area contributed by atoms with Gasteiger partial charge in [-0.2, -0.15) is 5.01 Å². The van der Waals surface area contributed by atoms with Gasteiger partial charge >= 0.3 is 6.03 Å². The van der Waals surface area contributed by atoms with Gasteiger partial charge < -0.3 is 5.73 Å². The number of carbonyl (C=O) groups excluding carboxylic acids is 1. The molecule has 86 valence electrons. The van der Waals surface area contributed by atoms with Crippen molar-refractivity contribution in [3.63, 3.8) is 0 Å². The van der Waals surface area contributed by atoms with Crippen LogP contribution < -0.4 is 11.2 Å². The van der Waals surface area contributed by atoms with Gasteiger partial charge in [-0.1, -0.05) is 0 Å². The zero-order chi connectivity index (χ0) is 11.3. The SMILES string of the molecule is NC(=O)NN1CCCCC1(CCCl)N=O. The summed E-state index contributed by atoms with van der Waals surface area (Å²) in [6.45, 7) is 0.575. The molecule has 0 bridgehead atoms. The predicted octanol–water partition coefficient (Wildman–Crippen LogP) is 1.15. The molecule has 1 aliphatic rings. The van der Waals surface area contributed by atoms with Gasteiger partial charge in [-0.3, -0.25) is 5.43 Å². The van der Waals surface area contributed by atoms with Crippen molar-refractivity contribution < 1.29 is 4.79 Å². The first kappa shape index (κ1) is 12.2. The van der Waals surface area contributed by atoms with Crippen molar-refractivity contribution >= 4 is 17.6 Å². The maximum atomic E-state index is 10.9. The molecule has 1 rings (SSSR count). The topological polar surface area (TPSA) is 87.8 Å². The van der Waals surface area contributed by atoms with Crippen molar-refractivity contribution in [2.45, 2.75) is 31.3 Å². The Kier molecular flexibility index (Phi) is 4.28. The number of nitrogens with one attached hydrogen (secondary N) is 1. The summed E-state index contributed by atoms with van der Waals surface area (Å²) >= 11 is 5.64. The Hall–Kier alpha value is -0.880. The van der Waals surface area contributed by atoms with E-state index in [-0.39, 0.29) is 0 Å². The van der Waals surface area contributed by atoms with Crippen molar-refractivity contribution in [3.8, 4) is 0 Å². The van der Waals surface area contributed by atoms with Gasteiger partial charge in [0.2, 0.25) is 0 Å². The summed E-state index contributed by atoms with van der Waals surface area (Å²) in [4.78, 5) is 21.7. The van der Waals surface area contributed by atoms with Gasteiger partial charge in [0.05, 0.1) is 0 Å². The molecule has 1 fully saturated rings. The highest BCUT2D eigenvalue weighted by atomic mass is 35.5. The number of nitrogens with two attached hydrogens (primary N) is 1. The molecule has 15 heavy (non-hydrogen) atoms. The molecule has 1 atom stereocenters. The number of hydrogen-bond donors (Lipinski definition) is 2. The highest BCUT2D eigenvalue weighted by Gasteiger charge is 2.40. The van der Waals surface area contributed by atoms with Crippen LogP contribution in [0, 0.1) is 4.91 Å². The first-order valence-corrected chi connectivity index (χ1v) is 5.42. The molecule has 7 heteroatoms. The highest BCUT2D eigenvalue weighted by molar-refractivity contribution is 6.17. The van der Waals surface area contributed by atoms with E-state index in [0.717, 1.165) is 12.8 Å². The van der Waals surface area contributed by atoms with E-state index in [9.17, 15) is 9.70 Å². The maximum Gasteiger partial charge on any atom is 0.326 e. The van der Waals surface area contributed by atoms with Crippen LogP contribution in [0.5, 0.6) is 0 Å². The Labute approximate surface area is 93.1 Å². The number of nitrogens with zero attached hydrogens (tertiary/aromatic N) is 2. The smallest absolute Gasteiger partial charge is 0.326 e. The third kappa shape index (κ3) is 2.79. The summed E-state index contributed by atoms with van der Waals surface area (Å²) < 4.78 is 0. The average Bonchev–Trinajstić information content (AvgIpc) is 2.21. The molecule has 0 aromatic rings. The van der Waals surface area contributed by atoms with Crippen LogP contribution in [0.4, 0.5) is 4.79 Å². The maximum absolute atomic E-state index is 10.9. The molecule has 0 radical (unpaired) electrons. The van der Waals surface area contributed by atoms with Crippen molar-refractivity contribution in [2.75, 3.05) is 12.4 Å². The Morgan fingerprint density at radius 1 is 1.60 bits per heavy atom. The molecule has 0 aromatic heterocycles. The minimum absolute atomic E-state index is 0.322. The molecule has 1 heterocycles. The number of piperidine rings is 1. The van der Waals surface area contributed by atoms with Crippen LogP contribution >= 0.6 is 11.6 Å². The van der Waals surface area contributed by atoms with Crippen LogP contribution in [0.3, 0.4) is 0 Å². The van der Waals surface area contributed by atoms with Gasteiger partial charge in [-0.05, 0) is 24.4 Å². The van der Waals surface area contributed by atoms with Crippen LogP contribution in [0.2, 0.25) is 0 Å². The molecule has 6 nitrogen and oxygen atoms in total. The fourth-order valence-corrected chi connectivity index (χ4v) is 2.17.